The van der Waals surface area contributed by atoms with Crippen LogP contribution in [0.2, 0.25) is 0 Å². The zero-order valence-corrected chi connectivity index (χ0v) is 17.6. The van der Waals surface area contributed by atoms with Crippen LogP contribution in [0.1, 0.15) is 38.2 Å². The van der Waals surface area contributed by atoms with Gasteiger partial charge in [-0.1, -0.05) is 30.4 Å². The molecule has 1 aliphatic heterocycles. The van der Waals surface area contributed by atoms with Crippen molar-refractivity contribution >= 4 is 40.0 Å². The van der Waals surface area contributed by atoms with Crippen molar-refractivity contribution < 1.29 is 14.3 Å². The number of nitrogens with one attached hydrogen (secondary N) is 2. The lowest BCUT2D eigenvalue weighted by Crippen LogP contribution is -2.41. The van der Waals surface area contributed by atoms with Crippen LogP contribution < -0.4 is 15.8 Å². The van der Waals surface area contributed by atoms with E-state index < -0.39 is 0 Å². The summed E-state index contributed by atoms with van der Waals surface area (Å²) in [5.41, 5.74) is 7.28. The summed E-state index contributed by atoms with van der Waals surface area (Å²) in [4.78, 5) is 31.8. The van der Waals surface area contributed by atoms with Gasteiger partial charge in [0.1, 0.15) is 4.88 Å². The van der Waals surface area contributed by atoms with E-state index in [1.54, 1.807) is 19.1 Å². The van der Waals surface area contributed by atoms with E-state index in [9.17, 15) is 9.59 Å². The molecule has 2 amide bonds. The van der Waals surface area contributed by atoms with E-state index in [1.807, 2.05) is 23.9 Å². The first-order chi connectivity index (χ1) is 13.6. The van der Waals surface area contributed by atoms with Crippen LogP contribution in [0.4, 0.5) is 5.13 Å². The van der Waals surface area contributed by atoms with Gasteiger partial charge in [-0.3, -0.25) is 20.4 Å². The first kappa shape index (κ1) is 20.6. The Bertz CT molecular complexity index is 817. The maximum absolute atomic E-state index is 12.5. The molecule has 1 aromatic carbocycles. The van der Waals surface area contributed by atoms with Crippen molar-refractivity contribution in [3.63, 3.8) is 0 Å². The summed E-state index contributed by atoms with van der Waals surface area (Å²) in [6.07, 6.45) is 0. The molecule has 2 N–H and O–H groups in total. The third-order valence-corrected chi connectivity index (χ3v) is 6.41. The largest absolute Gasteiger partial charge is 0.378 e. The van der Waals surface area contributed by atoms with Crippen molar-refractivity contribution in [1.29, 1.82) is 0 Å². The van der Waals surface area contributed by atoms with Crippen LogP contribution in [-0.4, -0.2) is 48.9 Å². The van der Waals surface area contributed by atoms with Gasteiger partial charge in [-0.2, -0.15) is 11.8 Å². The molecule has 1 saturated heterocycles. The lowest BCUT2D eigenvalue weighted by atomic mass is 10.1. The van der Waals surface area contributed by atoms with E-state index in [0.29, 0.717) is 29.3 Å². The third-order valence-electron chi connectivity index (χ3n) is 4.25. The fourth-order valence-electron chi connectivity index (χ4n) is 2.70. The number of carbonyl (C=O) groups excluding carboxylic acids is 2. The Labute approximate surface area is 172 Å². The summed E-state index contributed by atoms with van der Waals surface area (Å²) in [6, 6.07) is 7.39. The SMILES string of the molecule is CCSCc1ccc(C(=O)NNC(=O)c2sc(N3CCOCC3)nc2C)cc1. The summed E-state index contributed by atoms with van der Waals surface area (Å²) in [6.45, 7) is 6.75. The van der Waals surface area contributed by atoms with Gasteiger partial charge in [0, 0.05) is 24.4 Å². The number of ether oxygens (including phenoxy) is 1. The molecule has 9 heteroatoms. The molecule has 0 atom stereocenters. The molecule has 0 saturated carbocycles. The average Bonchev–Trinajstić information content (AvgIpc) is 3.13. The number of thioether (sulfide) groups is 1. The lowest BCUT2D eigenvalue weighted by Gasteiger charge is -2.25. The topological polar surface area (TPSA) is 83.6 Å². The molecule has 28 heavy (non-hydrogen) atoms. The second kappa shape index (κ2) is 9.90. The highest BCUT2D eigenvalue weighted by molar-refractivity contribution is 7.98. The van der Waals surface area contributed by atoms with Crippen LogP contribution in [0.15, 0.2) is 24.3 Å². The van der Waals surface area contributed by atoms with Crippen LogP contribution in [0.5, 0.6) is 0 Å². The van der Waals surface area contributed by atoms with Gasteiger partial charge in [0.05, 0.1) is 18.9 Å². The van der Waals surface area contributed by atoms with Crippen molar-refractivity contribution in [2.45, 2.75) is 19.6 Å². The number of hydrazine groups is 1. The molecule has 1 fully saturated rings. The van der Waals surface area contributed by atoms with Crippen molar-refractivity contribution in [1.82, 2.24) is 15.8 Å². The molecule has 0 spiro atoms. The number of hydrogen-bond acceptors (Lipinski definition) is 7. The van der Waals surface area contributed by atoms with Gasteiger partial charge in [-0.25, -0.2) is 4.98 Å². The fraction of sp³-hybridized carbons (Fsp3) is 0.421. The van der Waals surface area contributed by atoms with E-state index in [0.717, 1.165) is 29.7 Å². The van der Waals surface area contributed by atoms with Crippen molar-refractivity contribution in [2.24, 2.45) is 0 Å². The average molecular weight is 421 g/mol. The second-order valence-electron chi connectivity index (χ2n) is 6.25. The number of anilines is 1. The minimum absolute atomic E-state index is 0.349. The number of aryl methyl sites for hydroxylation is 1. The van der Waals surface area contributed by atoms with Crippen LogP contribution in [0.25, 0.3) is 0 Å². The number of carbonyl (C=O) groups is 2. The number of benzene rings is 1. The number of morpholine rings is 1. The van der Waals surface area contributed by atoms with E-state index in [2.05, 4.69) is 27.7 Å². The van der Waals surface area contributed by atoms with Gasteiger partial charge in [0.2, 0.25) is 0 Å². The van der Waals surface area contributed by atoms with Crippen molar-refractivity contribution in [2.75, 3.05) is 37.0 Å². The zero-order valence-electron chi connectivity index (χ0n) is 16.0. The van der Waals surface area contributed by atoms with Crippen LogP contribution in [-0.2, 0) is 10.5 Å². The summed E-state index contributed by atoms with van der Waals surface area (Å²) >= 11 is 3.15. The van der Waals surface area contributed by atoms with E-state index in [-0.39, 0.29) is 11.8 Å². The van der Waals surface area contributed by atoms with Gasteiger partial charge in [-0.15, -0.1) is 0 Å². The maximum atomic E-state index is 12.5. The van der Waals surface area contributed by atoms with Gasteiger partial charge < -0.3 is 9.64 Å². The summed E-state index contributed by atoms with van der Waals surface area (Å²) in [5, 5.41) is 0.804. The summed E-state index contributed by atoms with van der Waals surface area (Å²) < 4.78 is 5.35. The number of thiazole rings is 1. The Balaban J connectivity index is 1.56. The number of nitrogens with zero attached hydrogens (tertiary/aromatic N) is 2. The normalized spacial score (nSPS) is 14.0. The van der Waals surface area contributed by atoms with Crippen molar-refractivity contribution in [3.8, 4) is 0 Å². The molecule has 0 radical (unpaired) electrons. The molecule has 0 aliphatic carbocycles. The lowest BCUT2D eigenvalue weighted by molar-refractivity contribution is 0.0848. The molecular formula is C19H24N4O3S2. The number of rotatable bonds is 6. The first-order valence-corrected chi connectivity index (χ1v) is 11.1. The smallest absolute Gasteiger partial charge is 0.281 e. The number of hydrogen-bond donors (Lipinski definition) is 2. The molecular weight excluding hydrogens is 396 g/mol. The highest BCUT2D eigenvalue weighted by atomic mass is 32.2. The molecule has 1 aromatic heterocycles. The quantitative estimate of drug-likeness (QED) is 0.699. The molecule has 0 bridgehead atoms. The van der Waals surface area contributed by atoms with Gasteiger partial charge in [0.15, 0.2) is 5.13 Å². The minimum atomic E-state index is -0.362. The Morgan fingerprint density at radius 2 is 1.86 bits per heavy atom. The highest BCUT2D eigenvalue weighted by Crippen LogP contribution is 2.26. The summed E-state index contributed by atoms with van der Waals surface area (Å²) in [7, 11) is 0. The van der Waals surface area contributed by atoms with Gasteiger partial charge >= 0.3 is 0 Å². The Hall–Kier alpha value is -2.10. The summed E-state index contributed by atoms with van der Waals surface area (Å²) in [5.74, 6) is 1.27. The standard InChI is InChI=1S/C19H24N4O3S2/c1-3-27-12-14-4-6-15(7-5-14)17(24)21-22-18(25)16-13(2)20-19(28-16)23-8-10-26-11-9-23/h4-7H,3,8-12H2,1-2H3,(H,21,24)(H,22,25). The molecule has 2 heterocycles. The highest BCUT2D eigenvalue weighted by Gasteiger charge is 2.21. The number of aromatic nitrogens is 1. The molecule has 7 nitrogen and oxygen atoms in total. The van der Waals surface area contributed by atoms with Crippen LogP contribution >= 0.6 is 23.1 Å². The molecule has 0 unspecified atom stereocenters. The number of amides is 2. The van der Waals surface area contributed by atoms with E-state index >= 15 is 0 Å². The minimum Gasteiger partial charge on any atom is -0.378 e. The molecule has 3 rings (SSSR count). The zero-order chi connectivity index (χ0) is 19.9. The van der Waals surface area contributed by atoms with Crippen LogP contribution in [0.3, 0.4) is 0 Å². The molecule has 2 aromatic rings. The first-order valence-electron chi connectivity index (χ1n) is 9.16. The maximum Gasteiger partial charge on any atom is 0.281 e. The van der Waals surface area contributed by atoms with Gasteiger partial charge in [0.25, 0.3) is 11.8 Å². The predicted octanol–water partition coefficient (Wildman–Crippen LogP) is 2.62. The second-order valence-corrected chi connectivity index (χ2v) is 8.50. The van der Waals surface area contributed by atoms with Gasteiger partial charge in [-0.05, 0) is 30.4 Å². The van der Waals surface area contributed by atoms with Crippen LogP contribution in [0, 0.1) is 6.92 Å². The van der Waals surface area contributed by atoms with E-state index in [4.69, 9.17) is 4.74 Å². The molecule has 150 valence electrons. The monoisotopic (exact) mass is 420 g/mol. The van der Waals surface area contributed by atoms with E-state index in [1.165, 1.54) is 16.9 Å². The fourth-order valence-corrected chi connectivity index (χ4v) is 4.34. The Morgan fingerprint density at radius 3 is 2.54 bits per heavy atom. The Kier molecular flexibility index (Phi) is 7.30. The Morgan fingerprint density at radius 1 is 1.18 bits per heavy atom. The van der Waals surface area contributed by atoms with Crippen molar-refractivity contribution in [3.05, 3.63) is 46.0 Å². The third kappa shape index (κ3) is 5.24. The predicted molar refractivity (Wildman–Crippen MR) is 113 cm³/mol. The molecule has 1 aliphatic rings.